The summed E-state index contributed by atoms with van der Waals surface area (Å²) in [6.07, 6.45) is 0. The molecule has 0 radical (unpaired) electrons. The number of nitrogens with one attached hydrogen (secondary N) is 1. The number of nitrogens with zero attached hydrogens (tertiary/aromatic N) is 4. The number of halogens is 2. The molecule has 0 spiro atoms. The highest BCUT2D eigenvalue weighted by atomic mass is 35.5. The number of aromatic nitrogens is 3. The van der Waals surface area contributed by atoms with Gasteiger partial charge in [-0.05, 0) is 48.4 Å². The summed E-state index contributed by atoms with van der Waals surface area (Å²) in [6.45, 7) is 1.95. The topological polar surface area (TPSA) is 103 Å². The molecule has 0 fully saturated rings. The minimum absolute atomic E-state index is 0.0254. The van der Waals surface area contributed by atoms with Crippen molar-refractivity contribution >= 4 is 35.0 Å². The Morgan fingerprint density at radius 3 is 2.66 bits per heavy atom. The first kappa shape index (κ1) is 24.4. The van der Waals surface area contributed by atoms with Crippen molar-refractivity contribution in [3.63, 3.8) is 0 Å². The predicted molar refractivity (Wildman–Crippen MR) is 131 cm³/mol. The molecule has 0 aliphatic carbocycles. The first-order valence-corrected chi connectivity index (χ1v) is 11.8. The minimum atomic E-state index is -0.556. The van der Waals surface area contributed by atoms with Gasteiger partial charge in [0.05, 0.1) is 17.2 Å². The van der Waals surface area contributed by atoms with E-state index < -0.39 is 10.8 Å². The number of aryl methyl sites for hydroxylation is 1. The molecule has 0 saturated heterocycles. The zero-order chi connectivity index (χ0) is 24.9. The Morgan fingerprint density at radius 2 is 1.91 bits per heavy atom. The third-order valence-electron chi connectivity index (χ3n) is 5.12. The third-order valence-corrected chi connectivity index (χ3v) is 6.36. The number of nitro benzene ring substituents is 1. The van der Waals surface area contributed by atoms with Crippen LogP contribution in [-0.4, -0.2) is 25.6 Å². The van der Waals surface area contributed by atoms with Crippen LogP contribution in [0.15, 0.2) is 71.9 Å². The fourth-order valence-electron chi connectivity index (χ4n) is 3.32. The lowest BCUT2D eigenvalue weighted by Gasteiger charge is -2.14. The van der Waals surface area contributed by atoms with Gasteiger partial charge in [0.25, 0.3) is 11.6 Å². The van der Waals surface area contributed by atoms with Gasteiger partial charge in [-0.1, -0.05) is 47.6 Å². The van der Waals surface area contributed by atoms with Gasteiger partial charge in [0.2, 0.25) is 0 Å². The molecule has 3 aromatic carbocycles. The predicted octanol–water partition coefficient (Wildman–Crippen LogP) is 5.50. The van der Waals surface area contributed by atoms with E-state index in [0.717, 1.165) is 16.8 Å². The number of thioether (sulfide) groups is 1. The van der Waals surface area contributed by atoms with Crippen LogP contribution >= 0.6 is 23.4 Å². The molecule has 0 aliphatic rings. The molecule has 11 heteroatoms. The fourth-order valence-corrected chi connectivity index (χ4v) is 4.41. The van der Waals surface area contributed by atoms with Gasteiger partial charge in [-0.15, -0.1) is 10.2 Å². The normalized spacial score (nSPS) is 10.8. The summed E-state index contributed by atoms with van der Waals surface area (Å²) in [4.78, 5) is 23.1. The van der Waals surface area contributed by atoms with Crippen LogP contribution < -0.4 is 5.32 Å². The molecule has 4 aromatic rings. The number of amides is 1. The molecule has 1 N–H and O–H groups in total. The molecule has 1 amide bonds. The number of non-ortho nitro benzene ring substituents is 1. The van der Waals surface area contributed by atoms with Crippen molar-refractivity contribution in [3.05, 3.63) is 110 Å². The lowest BCUT2D eigenvalue weighted by atomic mass is 10.2. The Balaban J connectivity index is 1.60. The maximum atomic E-state index is 13.2. The Kier molecular flexibility index (Phi) is 7.42. The molecule has 0 saturated carbocycles. The van der Waals surface area contributed by atoms with E-state index in [1.807, 2.05) is 17.6 Å². The van der Waals surface area contributed by atoms with Crippen molar-refractivity contribution in [3.8, 4) is 5.69 Å². The summed E-state index contributed by atoms with van der Waals surface area (Å²) < 4.78 is 15.1. The Labute approximate surface area is 209 Å². The van der Waals surface area contributed by atoms with Crippen LogP contribution in [0.1, 0.15) is 27.3 Å². The molecule has 0 aliphatic heterocycles. The molecular formula is C24H19ClFN5O3S. The molecule has 35 heavy (non-hydrogen) atoms. The van der Waals surface area contributed by atoms with Crippen LogP contribution in [0, 0.1) is 22.9 Å². The number of carbonyl (C=O) groups excluding carboxylic acids is 1. The van der Waals surface area contributed by atoms with Crippen LogP contribution in [-0.2, 0) is 12.3 Å². The number of hydrogen-bond donors (Lipinski definition) is 1. The maximum Gasteiger partial charge on any atom is 0.270 e. The largest absolute Gasteiger partial charge is 0.345 e. The second-order valence-electron chi connectivity index (χ2n) is 7.57. The number of nitro groups is 1. The van der Waals surface area contributed by atoms with E-state index in [1.165, 1.54) is 48.2 Å². The van der Waals surface area contributed by atoms with Crippen LogP contribution in [0.25, 0.3) is 5.69 Å². The molecule has 8 nitrogen and oxygen atoms in total. The smallest absolute Gasteiger partial charge is 0.270 e. The highest BCUT2D eigenvalue weighted by Crippen LogP contribution is 2.28. The summed E-state index contributed by atoms with van der Waals surface area (Å²) in [5.41, 5.74) is 2.58. The van der Waals surface area contributed by atoms with Gasteiger partial charge in [0.15, 0.2) is 11.0 Å². The summed E-state index contributed by atoms with van der Waals surface area (Å²) >= 11 is 7.66. The van der Waals surface area contributed by atoms with Gasteiger partial charge in [0.1, 0.15) is 5.82 Å². The summed E-state index contributed by atoms with van der Waals surface area (Å²) in [6, 6.07) is 17.1. The Morgan fingerprint density at radius 1 is 1.14 bits per heavy atom. The lowest BCUT2D eigenvalue weighted by molar-refractivity contribution is -0.384. The van der Waals surface area contributed by atoms with Crippen LogP contribution in [0.2, 0.25) is 5.02 Å². The minimum Gasteiger partial charge on any atom is -0.345 e. The highest BCUT2D eigenvalue weighted by Gasteiger charge is 2.18. The van der Waals surface area contributed by atoms with E-state index in [0.29, 0.717) is 21.8 Å². The highest BCUT2D eigenvalue weighted by molar-refractivity contribution is 7.98. The number of hydrogen-bond acceptors (Lipinski definition) is 6. The molecule has 4 rings (SSSR count). The molecular weight excluding hydrogens is 493 g/mol. The van der Waals surface area contributed by atoms with E-state index in [1.54, 1.807) is 24.3 Å². The first-order valence-electron chi connectivity index (χ1n) is 10.4. The van der Waals surface area contributed by atoms with E-state index in [2.05, 4.69) is 15.5 Å². The zero-order valence-corrected chi connectivity index (χ0v) is 20.0. The van der Waals surface area contributed by atoms with E-state index >= 15 is 0 Å². The maximum absolute atomic E-state index is 13.2. The van der Waals surface area contributed by atoms with Crippen molar-refractivity contribution in [2.75, 3.05) is 0 Å². The van der Waals surface area contributed by atoms with Gasteiger partial charge < -0.3 is 5.32 Å². The molecule has 0 unspecified atom stereocenters. The van der Waals surface area contributed by atoms with Crippen LogP contribution in [0.4, 0.5) is 10.1 Å². The number of benzene rings is 3. The number of carbonyl (C=O) groups is 1. The van der Waals surface area contributed by atoms with Crippen molar-refractivity contribution in [1.29, 1.82) is 0 Å². The SMILES string of the molecule is Cc1ccc(Cl)cc1-n1c(CNC(=O)c2cccc([N+](=O)[O-])c2)nnc1SCc1ccc(F)cc1. The molecule has 1 aromatic heterocycles. The van der Waals surface area contributed by atoms with Crippen LogP contribution in [0.5, 0.6) is 0 Å². The third kappa shape index (κ3) is 5.84. The van der Waals surface area contributed by atoms with Gasteiger partial charge in [-0.3, -0.25) is 19.5 Å². The quantitative estimate of drug-likeness (QED) is 0.190. The van der Waals surface area contributed by atoms with E-state index in [-0.39, 0.29) is 23.6 Å². The summed E-state index contributed by atoms with van der Waals surface area (Å²) in [5.74, 6) is 0.193. The molecule has 178 valence electrons. The van der Waals surface area contributed by atoms with E-state index in [9.17, 15) is 19.3 Å². The van der Waals surface area contributed by atoms with Gasteiger partial charge >= 0.3 is 0 Å². The average molecular weight is 512 g/mol. The fraction of sp³-hybridized carbons (Fsp3) is 0.125. The van der Waals surface area contributed by atoms with Gasteiger partial charge in [0, 0.05) is 28.5 Å². The summed E-state index contributed by atoms with van der Waals surface area (Å²) in [5, 5.41) is 23.4. The first-order chi connectivity index (χ1) is 16.8. The zero-order valence-electron chi connectivity index (χ0n) is 18.4. The number of rotatable bonds is 8. The summed E-state index contributed by atoms with van der Waals surface area (Å²) in [7, 11) is 0. The van der Waals surface area contributed by atoms with Crippen molar-refractivity contribution in [2.24, 2.45) is 0 Å². The van der Waals surface area contributed by atoms with Crippen molar-refractivity contribution in [2.45, 2.75) is 24.4 Å². The lowest BCUT2D eigenvalue weighted by Crippen LogP contribution is -2.24. The monoisotopic (exact) mass is 511 g/mol. The second-order valence-corrected chi connectivity index (χ2v) is 8.95. The Hall–Kier alpha value is -3.76. The molecule has 1 heterocycles. The van der Waals surface area contributed by atoms with Crippen molar-refractivity contribution in [1.82, 2.24) is 20.1 Å². The van der Waals surface area contributed by atoms with Crippen molar-refractivity contribution < 1.29 is 14.1 Å². The second kappa shape index (κ2) is 10.7. The van der Waals surface area contributed by atoms with Gasteiger partial charge in [-0.25, -0.2) is 4.39 Å². The Bertz CT molecular complexity index is 1390. The standard InChI is InChI=1S/C24H19ClFN5O3S/c1-15-5-8-18(25)12-21(15)30-22(13-27-23(32)17-3-2-4-20(11-17)31(33)34)28-29-24(30)35-14-16-6-9-19(26)10-7-16/h2-12H,13-14H2,1H3,(H,27,32). The van der Waals surface area contributed by atoms with Crippen LogP contribution in [0.3, 0.4) is 0 Å². The average Bonchev–Trinajstić information content (AvgIpc) is 3.26. The molecule has 0 atom stereocenters. The van der Waals surface area contributed by atoms with Gasteiger partial charge in [-0.2, -0.15) is 0 Å². The van der Waals surface area contributed by atoms with E-state index in [4.69, 9.17) is 11.6 Å². The molecule has 0 bridgehead atoms.